The van der Waals surface area contributed by atoms with Crippen molar-refractivity contribution in [3.05, 3.63) is 30.2 Å². The second kappa shape index (κ2) is 4.78. The number of hydrogen-bond donors (Lipinski definition) is 1. The quantitative estimate of drug-likeness (QED) is 0.871. The first-order valence-corrected chi connectivity index (χ1v) is 6.13. The molecule has 1 heterocycles. The maximum Gasteiger partial charge on any atom is 0.247 e. The van der Waals surface area contributed by atoms with Crippen molar-refractivity contribution < 1.29 is 9.15 Å². The van der Waals surface area contributed by atoms with Gasteiger partial charge in [0.1, 0.15) is 12.4 Å². The fourth-order valence-corrected chi connectivity index (χ4v) is 1.74. The molecule has 1 saturated carbocycles. The van der Waals surface area contributed by atoms with E-state index in [-0.39, 0.29) is 0 Å². The van der Waals surface area contributed by atoms with Gasteiger partial charge in [-0.05, 0) is 31.0 Å². The molecule has 2 aromatic rings. The number of rotatable bonds is 5. The smallest absolute Gasteiger partial charge is 0.247 e. The van der Waals surface area contributed by atoms with Crippen LogP contribution in [0.2, 0.25) is 0 Å². The van der Waals surface area contributed by atoms with E-state index in [0.29, 0.717) is 25.0 Å². The zero-order chi connectivity index (χ0) is 12.4. The van der Waals surface area contributed by atoms with Crippen LogP contribution in [0.5, 0.6) is 5.75 Å². The summed E-state index contributed by atoms with van der Waals surface area (Å²) in [6.45, 7) is 0.997. The van der Waals surface area contributed by atoms with E-state index in [0.717, 1.165) is 30.0 Å². The number of ether oxygens (including phenoxy) is 1. The highest BCUT2D eigenvalue weighted by Crippen LogP contribution is 2.40. The first-order valence-electron chi connectivity index (χ1n) is 6.13. The van der Waals surface area contributed by atoms with Crippen molar-refractivity contribution in [1.29, 1.82) is 0 Å². The van der Waals surface area contributed by atoms with Crippen molar-refractivity contribution in [3.63, 3.8) is 0 Å². The van der Waals surface area contributed by atoms with Crippen molar-refractivity contribution in [3.8, 4) is 17.2 Å². The summed E-state index contributed by atoms with van der Waals surface area (Å²) in [6.07, 6.45) is 2.31. The van der Waals surface area contributed by atoms with E-state index in [9.17, 15) is 0 Å². The Morgan fingerprint density at radius 1 is 1.33 bits per heavy atom. The van der Waals surface area contributed by atoms with Gasteiger partial charge in [-0.3, -0.25) is 0 Å². The molecule has 0 aliphatic heterocycles. The molecule has 2 N–H and O–H groups in total. The molecule has 94 valence electrons. The van der Waals surface area contributed by atoms with E-state index in [1.165, 1.54) is 0 Å². The van der Waals surface area contributed by atoms with E-state index in [2.05, 4.69) is 10.2 Å². The Bertz CT molecular complexity index is 535. The molecule has 5 heteroatoms. The van der Waals surface area contributed by atoms with Gasteiger partial charge in [-0.25, -0.2) is 0 Å². The summed E-state index contributed by atoms with van der Waals surface area (Å²) in [5.74, 6) is 2.54. The molecule has 0 unspecified atom stereocenters. The third-order valence-corrected chi connectivity index (χ3v) is 2.83. The zero-order valence-electron chi connectivity index (χ0n) is 10.0. The van der Waals surface area contributed by atoms with E-state index in [1.54, 1.807) is 0 Å². The van der Waals surface area contributed by atoms with Gasteiger partial charge in [-0.2, -0.15) is 0 Å². The molecular formula is C13H15N3O2. The predicted octanol–water partition coefficient (Wildman–Crippen LogP) is 1.95. The lowest BCUT2D eigenvalue weighted by Crippen LogP contribution is -2.10. The van der Waals surface area contributed by atoms with Crippen LogP contribution in [0, 0.1) is 0 Å². The lowest BCUT2D eigenvalue weighted by atomic mass is 10.2. The second-order valence-electron chi connectivity index (χ2n) is 4.38. The highest BCUT2D eigenvalue weighted by Gasteiger charge is 2.29. The lowest BCUT2D eigenvalue weighted by Gasteiger charge is -2.04. The first-order chi connectivity index (χ1) is 8.86. The van der Waals surface area contributed by atoms with Crippen LogP contribution in [0.15, 0.2) is 28.7 Å². The van der Waals surface area contributed by atoms with Crippen LogP contribution in [0.1, 0.15) is 24.7 Å². The Balaban J connectivity index is 1.81. The summed E-state index contributed by atoms with van der Waals surface area (Å²) < 4.78 is 11.1. The number of aromatic nitrogens is 2. The third-order valence-electron chi connectivity index (χ3n) is 2.83. The summed E-state index contributed by atoms with van der Waals surface area (Å²) in [5.41, 5.74) is 6.28. The van der Waals surface area contributed by atoms with Gasteiger partial charge in [0.2, 0.25) is 11.8 Å². The molecular weight excluding hydrogens is 230 g/mol. The zero-order valence-corrected chi connectivity index (χ0v) is 10.0. The Kier molecular flexibility index (Phi) is 2.98. The lowest BCUT2D eigenvalue weighted by molar-refractivity contribution is 0.328. The van der Waals surface area contributed by atoms with Gasteiger partial charge in [0.05, 0.1) is 0 Å². The van der Waals surface area contributed by atoms with E-state index in [1.807, 2.05) is 24.3 Å². The topological polar surface area (TPSA) is 74.2 Å². The van der Waals surface area contributed by atoms with Crippen molar-refractivity contribution in [1.82, 2.24) is 10.2 Å². The molecule has 5 nitrogen and oxygen atoms in total. The van der Waals surface area contributed by atoms with Gasteiger partial charge in [0, 0.05) is 18.0 Å². The monoisotopic (exact) mass is 245 g/mol. The minimum absolute atomic E-state index is 0.475. The molecule has 0 spiro atoms. The van der Waals surface area contributed by atoms with Crippen LogP contribution in [0.3, 0.4) is 0 Å². The van der Waals surface area contributed by atoms with Crippen LogP contribution in [-0.2, 0) is 0 Å². The number of hydrogen-bond acceptors (Lipinski definition) is 5. The van der Waals surface area contributed by atoms with Gasteiger partial charge in [0.25, 0.3) is 0 Å². The molecule has 1 fully saturated rings. The van der Waals surface area contributed by atoms with Gasteiger partial charge < -0.3 is 14.9 Å². The molecule has 3 rings (SSSR count). The molecule has 1 aromatic heterocycles. The van der Waals surface area contributed by atoms with Crippen LogP contribution in [0.4, 0.5) is 0 Å². The predicted molar refractivity (Wildman–Crippen MR) is 66.3 cm³/mol. The molecule has 1 aromatic carbocycles. The van der Waals surface area contributed by atoms with Crippen LogP contribution < -0.4 is 10.5 Å². The van der Waals surface area contributed by atoms with Crippen LogP contribution >= 0.6 is 0 Å². The average Bonchev–Trinajstić information content (AvgIpc) is 3.14. The Hall–Kier alpha value is -1.88. The molecule has 0 radical (unpaired) electrons. The maximum atomic E-state index is 5.65. The summed E-state index contributed by atoms with van der Waals surface area (Å²) in [5, 5.41) is 8.14. The summed E-state index contributed by atoms with van der Waals surface area (Å²) in [4.78, 5) is 0. The largest absolute Gasteiger partial charge is 0.492 e. The Morgan fingerprint density at radius 2 is 2.22 bits per heavy atom. The first kappa shape index (κ1) is 11.2. The van der Waals surface area contributed by atoms with E-state index < -0.39 is 0 Å². The summed E-state index contributed by atoms with van der Waals surface area (Å²) in [6, 6.07) is 7.61. The Labute approximate surface area is 105 Å². The number of nitrogens with zero attached hydrogens (tertiary/aromatic N) is 2. The van der Waals surface area contributed by atoms with Gasteiger partial charge in [-0.15, -0.1) is 10.2 Å². The minimum atomic E-state index is 0.475. The van der Waals surface area contributed by atoms with Gasteiger partial charge >= 0.3 is 0 Å². The Morgan fingerprint density at radius 3 is 3.00 bits per heavy atom. The van der Waals surface area contributed by atoms with Crippen molar-refractivity contribution in [2.45, 2.75) is 18.8 Å². The fraction of sp³-hybridized carbons (Fsp3) is 0.385. The fourth-order valence-electron chi connectivity index (χ4n) is 1.74. The van der Waals surface area contributed by atoms with E-state index >= 15 is 0 Å². The number of benzene rings is 1. The third kappa shape index (κ3) is 2.36. The maximum absolute atomic E-state index is 5.65. The van der Waals surface area contributed by atoms with E-state index in [4.69, 9.17) is 14.9 Å². The standard InChI is InChI=1S/C13H15N3O2/c14-6-7-17-11-3-1-2-10(8-11)13-16-15-12(18-13)9-4-5-9/h1-3,8-9H,4-7,14H2. The molecule has 0 saturated heterocycles. The summed E-state index contributed by atoms with van der Waals surface area (Å²) >= 11 is 0. The molecule has 1 aliphatic rings. The van der Waals surface area contributed by atoms with Gasteiger partial charge in [-0.1, -0.05) is 6.07 Å². The highest BCUT2D eigenvalue weighted by atomic mass is 16.5. The summed E-state index contributed by atoms with van der Waals surface area (Å²) in [7, 11) is 0. The molecule has 0 amide bonds. The second-order valence-corrected chi connectivity index (χ2v) is 4.38. The molecule has 0 atom stereocenters. The minimum Gasteiger partial charge on any atom is -0.492 e. The number of nitrogens with two attached hydrogens (primary N) is 1. The van der Waals surface area contributed by atoms with Crippen molar-refractivity contribution in [2.24, 2.45) is 5.73 Å². The van der Waals surface area contributed by atoms with Crippen molar-refractivity contribution in [2.75, 3.05) is 13.2 Å². The molecule has 0 bridgehead atoms. The van der Waals surface area contributed by atoms with Crippen molar-refractivity contribution >= 4 is 0 Å². The van der Waals surface area contributed by atoms with Gasteiger partial charge in [0.15, 0.2) is 0 Å². The normalized spacial score (nSPS) is 14.7. The van der Waals surface area contributed by atoms with Crippen LogP contribution in [-0.4, -0.2) is 23.3 Å². The average molecular weight is 245 g/mol. The molecule has 18 heavy (non-hydrogen) atoms. The highest BCUT2D eigenvalue weighted by molar-refractivity contribution is 5.55. The SMILES string of the molecule is NCCOc1cccc(-c2nnc(C3CC3)o2)c1. The van der Waals surface area contributed by atoms with Crippen LogP contribution in [0.25, 0.3) is 11.5 Å². The molecule has 1 aliphatic carbocycles.